The average molecular weight is 699 g/mol. The van der Waals surface area contributed by atoms with Crippen molar-refractivity contribution in [1.29, 1.82) is 0 Å². The van der Waals surface area contributed by atoms with Gasteiger partial charge in [-0.05, 0) is 85.6 Å². The molecule has 0 aliphatic heterocycles. The second kappa shape index (κ2) is 11.5. The van der Waals surface area contributed by atoms with Gasteiger partial charge >= 0.3 is 0 Å². The average Bonchev–Trinajstić information content (AvgIpc) is 3.58. The van der Waals surface area contributed by atoms with E-state index in [9.17, 15) is 0 Å². The van der Waals surface area contributed by atoms with E-state index in [4.69, 9.17) is 9.97 Å². The van der Waals surface area contributed by atoms with E-state index in [2.05, 4.69) is 173 Å². The fraction of sp³-hybridized carbons (Fsp3) is 0. The molecule has 0 spiro atoms. The molecule has 55 heavy (non-hydrogen) atoms. The van der Waals surface area contributed by atoms with Crippen LogP contribution in [0, 0.1) is 0 Å². The molecule has 0 aliphatic rings. The normalized spacial score (nSPS) is 12.0. The summed E-state index contributed by atoms with van der Waals surface area (Å²) in [5, 5.41) is 15.6. The maximum Gasteiger partial charge on any atom is 0.160 e. The van der Waals surface area contributed by atoms with Gasteiger partial charge in [-0.25, -0.2) is 9.97 Å². The van der Waals surface area contributed by atoms with E-state index in [0.717, 1.165) is 50.1 Å². The summed E-state index contributed by atoms with van der Waals surface area (Å²) < 4.78 is 2.37. The molecule has 0 atom stereocenters. The largest absolute Gasteiger partial charge is 0.308 e. The van der Waals surface area contributed by atoms with Crippen molar-refractivity contribution < 1.29 is 0 Å². The minimum absolute atomic E-state index is 0.718. The van der Waals surface area contributed by atoms with Gasteiger partial charge in [0.05, 0.1) is 34.1 Å². The Morgan fingerprint density at radius 3 is 1.91 bits per heavy atom. The monoisotopic (exact) mass is 698 g/mol. The van der Waals surface area contributed by atoms with Crippen molar-refractivity contribution in [3.05, 3.63) is 182 Å². The van der Waals surface area contributed by atoms with Crippen LogP contribution in [0.4, 0.5) is 0 Å². The van der Waals surface area contributed by atoms with Crippen molar-refractivity contribution in [3.8, 4) is 28.3 Å². The lowest BCUT2D eigenvalue weighted by Gasteiger charge is -2.15. The summed E-state index contributed by atoms with van der Waals surface area (Å²) >= 11 is 0. The Kier molecular flexibility index (Phi) is 6.31. The molecule has 0 aliphatic carbocycles. The fourth-order valence-corrected chi connectivity index (χ4v) is 8.95. The van der Waals surface area contributed by atoms with Gasteiger partial charge in [0, 0.05) is 44.3 Å². The van der Waals surface area contributed by atoms with E-state index in [1.54, 1.807) is 0 Å². The molecule has 254 valence electrons. The van der Waals surface area contributed by atoms with E-state index in [1.165, 1.54) is 64.8 Å². The van der Waals surface area contributed by atoms with Gasteiger partial charge < -0.3 is 4.57 Å². The van der Waals surface area contributed by atoms with Crippen LogP contribution in [-0.2, 0) is 0 Å². The highest BCUT2D eigenvalue weighted by molar-refractivity contribution is 6.36. The first-order valence-electron chi connectivity index (χ1n) is 18.7. The number of fused-ring (bicyclic) bond motifs is 14. The molecule has 0 fully saturated rings. The maximum atomic E-state index is 5.32. The molecule has 0 bridgehead atoms. The van der Waals surface area contributed by atoms with Crippen LogP contribution in [0.15, 0.2) is 182 Å². The van der Waals surface area contributed by atoms with Crippen LogP contribution in [-0.4, -0.2) is 19.5 Å². The van der Waals surface area contributed by atoms with Gasteiger partial charge in [0.15, 0.2) is 5.82 Å². The molecule has 4 heteroatoms. The molecule has 3 heterocycles. The molecule has 4 nitrogen and oxygen atoms in total. The Morgan fingerprint density at radius 1 is 0.382 bits per heavy atom. The highest BCUT2D eigenvalue weighted by Crippen LogP contribution is 2.45. The summed E-state index contributed by atoms with van der Waals surface area (Å²) in [6.07, 6.45) is 3.79. The maximum absolute atomic E-state index is 5.32. The van der Waals surface area contributed by atoms with Crippen molar-refractivity contribution in [2.75, 3.05) is 0 Å². The third-order valence-electron chi connectivity index (χ3n) is 11.4. The minimum Gasteiger partial charge on any atom is -0.308 e. The van der Waals surface area contributed by atoms with Crippen LogP contribution in [0.25, 0.3) is 115 Å². The van der Waals surface area contributed by atoms with Gasteiger partial charge in [0.1, 0.15) is 0 Å². The van der Waals surface area contributed by atoms with E-state index < -0.39 is 0 Å². The van der Waals surface area contributed by atoms with Crippen LogP contribution >= 0.6 is 0 Å². The molecule has 3 aromatic heterocycles. The Hall–Kier alpha value is -7.43. The number of benzene rings is 9. The molecule has 0 amide bonds. The lowest BCUT2D eigenvalue weighted by molar-refractivity contribution is 1.14. The molecule has 0 radical (unpaired) electrons. The second-order valence-corrected chi connectivity index (χ2v) is 14.4. The Morgan fingerprint density at radius 2 is 1.07 bits per heavy atom. The van der Waals surface area contributed by atoms with Gasteiger partial charge in [-0.15, -0.1) is 0 Å². The minimum atomic E-state index is 0.718. The van der Waals surface area contributed by atoms with Crippen molar-refractivity contribution in [1.82, 2.24) is 19.5 Å². The van der Waals surface area contributed by atoms with Crippen LogP contribution in [0.2, 0.25) is 0 Å². The zero-order valence-corrected chi connectivity index (χ0v) is 29.6. The molecule has 9 aromatic carbocycles. The van der Waals surface area contributed by atoms with Crippen LogP contribution < -0.4 is 0 Å². The smallest absolute Gasteiger partial charge is 0.160 e. The molecule has 12 aromatic rings. The van der Waals surface area contributed by atoms with Gasteiger partial charge in [-0.3, -0.25) is 4.98 Å². The van der Waals surface area contributed by atoms with Crippen molar-refractivity contribution >= 4 is 86.6 Å². The summed E-state index contributed by atoms with van der Waals surface area (Å²) in [6.45, 7) is 0. The summed E-state index contributed by atoms with van der Waals surface area (Å²) in [7, 11) is 0. The summed E-state index contributed by atoms with van der Waals surface area (Å²) in [5.74, 6) is 0.718. The standard InChI is InChI=1S/C51H30N4/c1-2-12-32(13-3-1)49-42-23-20-31-11-6-7-17-37(31)50(42)54-51(53-49)35-21-22-39-41-24-25-45-48(47(41)40-19-9-8-18-38(40)43(39)28-35)44-27-33-14-4-5-15-34(33)29-46(44)55(45)36-16-10-26-52-30-36/h1-30H. The van der Waals surface area contributed by atoms with Crippen LogP contribution in [0.1, 0.15) is 0 Å². The topological polar surface area (TPSA) is 43.6 Å². The van der Waals surface area contributed by atoms with Crippen molar-refractivity contribution in [2.45, 2.75) is 0 Å². The zero-order chi connectivity index (χ0) is 36.0. The number of nitrogens with zero attached hydrogens (tertiary/aromatic N) is 4. The van der Waals surface area contributed by atoms with Gasteiger partial charge in [0.25, 0.3) is 0 Å². The summed E-state index contributed by atoms with van der Waals surface area (Å²) in [6, 6.07) is 61.0. The number of hydrogen-bond donors (Lipinski definition) is 0. The van der Waals surface area contributed by atoms with E-state index in [0.29, 0.717) is 0 Å². The number of hydrogen-bond acceptors (Lipinski definition) is 3. The first-order chi connectivity index (χ1) is 27.3. The first-order valence-corrected chi connectivity index (χ1v) is 18.7. The van der Waals surface area contributed by atoms with E-state index in [-0.39, 0.29) is 0 Å². The predicted molar refractivity (Wildman–Crippen MR) is 230 cm³/mol. The van der Waals surface area contributed by atoms with Crippen molar-refractivity contribution in [2.24, 2.45) is 0 Å². The Labute approximate surface area is 315 Å². The number of aromatic nitrogens is 4. The third-order valence-corrected chi connectivity index (χ3v) is 11.4. The molecule has 12 rings (SSSR count). The van der Waals surface area contributed by atoms with E-state index >= 15 is 0 Å². The summed E-state index contributed by atoms with van der Waals surface area (Å²) in [5.41, 5.74) is 7.35. The molecule has 0 saturated heterocycles. The molecular formula is C51H30N4. The molecular weight excluding hydrogens is 669 g/mol. The lowest BCUT2D eigenvalue weighted by atomic mass is 9.90. The predicted octanol–water partition coefficient (Wildman–Crippen LogP) is 13.2. The van der Waals surface area contributed by atoms with Crippen LogP contribution in [0.5, 0.6) is 0 Å². The quantitative estimate of drug-likeness (QED) is 0.173. The zero-order valence-electron chi connectivity index (χ0n) is 29.6. The third kappa shape index (κ3) is 4.43. The first kappa shape index (κ1) is 30.1. The molecule has 0 unspecified atom stereocenters. The van der Waals surface area contributed by atoms with Gasteiger partial charge in [0.2, 0.25) is 0 Å². The highest BCUT2D eigenvalue weighted by atomic mass is 15.0. The second-order valence-electron chi connectivity index (χ2n) is 14.4. The fourth-order valence-electron chi connectivity index (χ4n) is 8.95. The molecule has 0 saturated carbocycles. The molecule has 0 N–H and O–H groups in total. The Bertz CT molecular complexity index is 3510. The number of rotatable bonds is 3. The highest BCUT2D eigenvalue weighted by Gasteiger charge is 2.20. The SMILES string of the molecule is c1ccc(-c2nc(-c3ccc4c(c3)c3ccccc3c3c4ccc4c3c3cc5ccccc5cc3n4-c3cccnc3)nc3c2ccc2ccccc23)cc1. The number of pyridine rings is 1. The lowest BCUT2D eigenvalue weighted by Crippen LogP contribution is -1.96. The van der Waals surface area contributed by atoms with Gasteiger partial charge in [-0.1, -0.05) is 127 Å². The summed E-state index contributed by atoms with van der Waals surface area (Å²) in [4.78, 5) is 15.2. The Balaban J connectivity index is 1.18. The van der Waals surface area contributed by atoms with Crippen molar-refractivity contribution in [3.63, 3.8) is 0 Å². The van der Waals surface area contributed by atoms with E-state index in [1.807, 2.05) is 18.5 Å². The van der Waals surface area contributed by atoms with Crippen LogP contribution in [0.3, 0.4) is 0 Å². The van der Waals surface area contributed by atoms with Gasteiger partial charge in [-0.2, -0.15) is 0 Å².